The lowest BCUT2D eigenvalue weighted by atomic mass is 10.2. The number of aliphatic imine (C=N–C) groups is 1. The number of aryl methyl sites for hydroxylation is 2. The van der Waals surface area contributed by atoms with Crippen molar-refractivity contribution in [3.05, 3.63) is 41.3 Å². The molecule has 0 spiro atoms. The zero-order valence-electron chi connectivity index (χ0n) is 16.4. The Morgan fingerprint density at radius 2 is 1.97 bits per heavy atom. The molecule has 4 rings (SSSR count). The number of amidine groups is 1. The van der Waals surface area contributed by atoms with Crippen molar-refractivity contribution in [2.75, 3.05) is 33.4 Å². The minimum absolute atomic E-state index is 0.295. The van der Waals surface area contributed by atoms with Crippen LogP contribution in [0.4, 0.5) is 10.2 Å². The molecule has 1 unspecified atom stereocenters. The van der Waals surface area contributed by atoms with E-state index in [1.807, 2.05) is 14.0 Å². The highest BCUT2D eigenvalue weighted by molar-refractivity contribution is 8.16. The Morgan fingerprint density at radius 1 is 1.28 bits per heavy atom. The van der Waals surface area contributed by atoms with Crippen molar-refractivity contribution >= 4 is 35.1 Å². The molecule has 2 aliphatic heterocycles. The molecular formula is C19H22FN6OPS. The van der Waals surface area contributed by atoms with Crippen LogP contribution in [0.1, 0.15) is 17.7 Å². The van der Waals surface area contributed by atoms with Gasteiger partial charge in [-0.3, -0.25) is 4.67 Å². The van der Waals surface area contributed by atoms with Gasteiger partial charge >= 0.3 is 0 Å². The van der Waals surface area contributed by atoms with E-state index in [0.29, 0.717) is 37.8 Å². The van der Waals surface area contributed by atoms with Gasteiger partial charge in [-0.25, -0.2) is 14.1 Å². The van der Waals surface area contributed by atoms with E-state index in [0.717, 1.165) is 29.7 Å². The van der Waals surface area contributed by atoms with Gasteiger partial charge in [-0.05, 0) is 31.2 Å². The van der Waals surface area contributed by atoms with Crippen LogP contribution in [-0.4, -0.2) is 58.3 Å². The predicted octanol–water partition coefficient (Wildman–Crippen LogP) is 2.54. The molecule has 7 nitrogen and oxygen atoms in total. The summed E-state index contributed by atoms with van der Waals surface area (Å²) < 4.78 is 25.2. The average Bonchev–Trinajstić information content (AvgIpc) is 3.06. The number of hydrogen-bond acceptors (Lipinski definition) is 5. The fourth-order valence-corrected chi connectivity index (χ4v) is 8.12. The van der Waals surface area contributed by atoms with Crippen LogP contribution in [0.2, 0.25) is 0 Å². The van der Waals surface area contributed by atoms with Crippen molar-refractivity contribution in [3.63, 3.8) is 0 Å². The van der Waals surface area contributed by atoms with Crippen molar-refractivity contribution in [2.24, 2.45) is 4.99 Å². The van der Waals surface area contributed by atoms with Gasteiger partial charge in [0.2, 0.25) is 0 Å². The van der Waals surface area contributed by atoms with Gasteiger partial charge in [0.25, 0.3) is 0 Å². The van der Waals surface area contributed by atoms with E-state index in [9.17, 15) is 4.39 Å². The van der Waals surface area contributed by atoms with Gasteiger partial charge in [0.05, 0.1) is 43.2 Å². The Balaban J connectivity index is 1.91. The summed E-state index contributed by atoms with van der Waals surface area (Å²) in [5.41, 5.74) is 1.65. The minimum Gasteiger partial charge on any atom is -0.379 e. The molecule has 2 aromatic rings. The average molecular weight is 432 g/mol. The van der Waals surface area contributed by atoms with E-state index in [1.54, 1.807) is 16.8 Å². The number of aromatic nitrogens is 2. The third kappa shape index (κ3) is 3.40. The maximum absolute atomic E-state index is 13.5. The number of nitriles is 1. The van der Waals surface area contributed by atoms with Gasteiger partial charge in [-0.1, -0.05) is 11.8 Å². The lowest BCUT2D eigenvalue weighted by Gasteiger charge is -2.45. The predicted molar refractivity (Wildman–Crippen MR) is 114 cm³/mol. The first-order valence-corrected chi connectivity index (χ1v) is 12.1. The Bertz CT molecular complexity index is 1040. The van der Waals surface area contributed by atoms with Gasteiger partial charge in [0, 0.05) is 25.7 Å². The Morgan fingerprint density at radius 3 is 2.62 bits per heavy atom. The summed E-state index contributed by atoms with van der Waals surface area (Å²) in [5, 5.41) is 14.7. The molecule has 1 aromatic heterocycles. The fraction of sp³-hybridized carbons (Fsp3) is 0.421. The fourth-order valence-electron chi connectivity index (χ4n) is 3.78. The molecule has 2 aliphatic rings. The first-order valence-electron chi connectivity index (χ1n) is 9.43. The van der Waals surface area contributed by atoms with Crippen molar-refractivity contribution < 1.29 is 9.13 Å². The molecule has 0 bridgehead atoms. The molecule has 1 saturated heterocycles. The summed E-state index contributed by atoms with van der Waals surface area (Å²) in [6.07, 6.45) is -2.08. The van der Waals surface area contributed by atoms with Crippen LogP contribution in [0.3, 0.4) is 0 Å². The van der Waals surface area contributed by atoms with Crippen LogP contribution in [0, 0.1) is 24.1 Å². The monoisotopic (exact) mass is 432 g/mol. The molecule has 0 aliphatic carbocycles. The molecule has 29 heavy (non-hydrogen) atoms. The normalized spacial score (nSPS) is 22.1. The molecule has 152 valence electrons. The van der Waals surface area contributed by atoms with Crippen molar-refractivity contribution in [3.8, 4) is 6.07 Å². The number of nitrogens with zero attached hydrogens (tertiary/aromatic N) is 6. The third-order valence-corrected chi connectivity index (χ3v) is 10.4. The standard InChI is InChI=1S/C19H22FN6OPS/c1-14-17-19(26(23-14)9-3-8-21)22-18(15-4-6-16(20)7-5-15)24(2)28(17,29)25-10-12-27-13-11-25/h4-7H,3,9-13H2,1-2H3. The maximum Gasteiger partial charge on any atom is 0.164 e. The van der Waals surface area contributed by atoms with Crippen LogP contribution >= 0.6 is 6.34 Å². The zero-order valence-corrected chi connectivity index (χ0v) is 18.1. The van der Waals surface area contributed by atoms with E-state index in [4.69, 9.17) is 26.8 Å². The summed E-state index contributed by atoms with van der Waals surface area (Å²) in [4.78, 5) is 4.90. The highest BCUT2D eigenvalue weighted by Crippen LogP contribution is 2.57. The van der Waals surface area contributed by atoms with Gasteiger partial charge in [-0.2, -0.15) is 10.4 Å². The molecule has 3 heterocycles. The van der Waals surface area contributed by atoms with Crippen LogP contribution in [-0.2, 0) is 23.1 Å². The van der Waals surface area contributed by atoms with Gasteiger partial charge < -0.3 is 9.41 Å². The molecule has 0 radical (unpaired) electrons. The van der Waals surface area contributed by atoms with Gasteiger partial charge in [0.15, 0.2) is 5.82 Å². The second-order valence-electron chi connectivity index (χ2n) is 6.96. The second kappa shape index (κ2) is 7.96. The summed E-state index contributed by atoms with van der Waals surface area (Å²) >= 11 is 6.40. The Kier molecular flexibility index (Phi) is 5.54. The summed E-state index contributed by atoms with van der Waals surface area (Å²) in [6.45, 7) is 5.14. The van der Waals surface area contributed by atoms with E-state index in [1.165, 1.54) is 12.1 Å². The topological polar surface area (TPSA) is 69.7 Å². The van der Waals surface area contributed by atoms with Crippen LogP contribution in [0.25, 0.3) is 0 Å². The first kappa shape index (κ1) is 20.2. The Hall–Kier alpha value is -2.11. The number of hydrogen-bond donors (Lipinski definition) is 0. The zero-order chi connectivity index (χ0) is 20.6. The summed E-state index contributed by atoms with van der Waals surface area (Å²) in [6, 6.07) is 8.46. The largest absolute Gasteiger partial charge is 0.379 e. The SMILES string of the molecule is Cc1nn(CCC#N)c2c1P(=S)(N1CCOCC1)N(C)C(c1ccc(F)cc1)=N2. The lowest BCUT2D eigenvalue weighted by molar-refractivity contribution is 0.0738. The minimum atomic E-state index is -2.42. The van der Waals surface area contributed by atoms with Crippen LogP contribution in [0.15, 0.2) is 29.3 Å². The smallest absolute Gasteiger partial charge is 0.164 e. The highest BCUT2D eigenvalue weighted by Gasteiger charge is 2.43. The van der Waals surface area contributed by atoms with Crippen LogP contribution < -0.4 is 5.30 Å². The molecule has 1 aromatic carbocycles. The molecule has 0 amide bonds. The van der Waals surface area contributed by atoms with E-state index in [2.05, 4.69) is 20.5 Å². The molecule has 1 atom stereocenters. The molecule has 0 saturated carbocycles. The molecule has 1 fully saturated rings. The second-order valence-corrected chi connectivity index (χ2v) is 11.2. The first-order chi connectivity index (χ1) is 14.0. The molecule has 0 N–H and O–H groups in total. The maximum atomic E-state index is 13.5. The molecular weight excluding hydrogens is 410 g/mol. The van der Waals surface area contributed by atoms with Crippen molar-refractivity contribution in [2.45, 2.75) is 19.9 Å². The highest BCUT2D eigenvalue weighted by atomic mass is 32.4. The summed E-state index contributed by atoms with van der Waals surface area (Å²) in [5.74, 6) is 1.12. The quantitative estimate of drug-likeness (QED) is 0.692. The number of halogens is 1. The lowest BCUT2D eigenvalue weighted by Crippen LogP contribution is -2.45. The number of morpholine rings is 1. The van der Waals surface area contributed by atoms with Crippen molar-refractivity contribution in [1.29, 1.82) is 5.26 Å². The molecule has 10 heteroatoms. The van der Waals surface area contributed by atoms with Gasteiger partial charge in [0.1, 0.15) is 18.0 Å². The third-order valence-electron chi connectivity index (χ3n) is 5.19. The van der Waals surface area contributed by atoms with E-state index in [-0.39, 0.29) is 5.82 Å². The van der Waals surface area contributed by atoms with Crippen LogP contribution in [0.5, 0.6) is 0 Å². The van der Waals surface area contributed by atoms with Crippen molar-refractivity contribution in [1.82, 2.24) is 19.1 Å². The number of rotatable bonds is 4. The summed E-state index contributed by atoms with van der Waals surface area (Å²) in [7, 11) is 1.97. The number of benzene rings is 1. The van der Waals surface area contributed by atoms with E-state index >= 15 is 0 Å². The Labute approximate surface area is 174 Å². The number of fused-ring (bicyclic) bond motifs is 1. The number of ether oxygens (including phenoxy) is 1. The van der Waals surface area contributed by atoms with Gasteiger partial charge in [-0.15, -0.1) is 0 Å². The van der Waals surface area contributed by atoms with E-state index < -0.39 is 6.34 Å².